The number of hydrogen-bond donors (Lipinski definition) is 1. The maximum atomic E-state index is 12.2. The van der Waals surface area contributed by atoms with Crippen molar-refractivity contribution in [1.82, 2.24) is 4.90 Å². The third kappa shape index (κ3) is 3.36. The minimum atomic E-state index is -0.893. The molecule has 1 heterocycles. The number of aliphatic carboxylic acids is 1. The number of amides is 1. The van der Waals surface area contributed by atoms with Crippen LogP contribution in [0.5, 0.6) is 0 Å². The molecule has 1 saturated heterocycles. The van der Waals surface area contributed by atoms with E-state index in [-0.39, 0.29) is 12.3 Å². The molecule has 1 N–H and O–H groups in total. The topological polar surface area (TPSA) is 83.9 Å². The van der Waals surface area contributed by atoms with Gasteiger partial charge < -0.3 is 14.7 Å². The first-order valence-corrected chi connectivity index (χ1v) is 7.35. The number of nitrogens with zero attached hydrogens (tertiary/aromatic N) is 1. The lowest BCUT2D eigenvalue weighted by Crippen LogP contribution is -2.39. The zero-order chi connectivity index (χ0) is 15.8. The second-order valence-corrected chi connectivity index (χ2v) is 7.15. The van der Waals surface area contributed by atoms with Crippen molar-refractivity contribution in [2.75, 3.05) is 13.1 Å². The van der Waals surface area contributed by atoms with Gasteiger partial charge in [-0.25, -0.2) is 4.79 Å². The molecule has 0 aromatic heterocycles. The normalized spacial score (nSPS) is 25.2. The largest absolute Gasteiger partial charge is 0.481 e. The van der Waals surface area contributed by atoms with Gasteiger partial charge >= 0.3 is 12.1 Å². The average Bonchev–Trinajstić information content (AvgIpc) is 2.71. The predicted octanol–water partition coefficient (Wildman–Crippen LogP) is 2.07. The first-order chi connectivity index (χ1) is 9.63. The fourth-order valence-electron chi connectivity index (χ4n) is 3.31. The molecule has 1 aliphatic carbocycles. The van der Waals surface area contributed by atoms with Crippen LogP contribution in [0.25, 0.3) is 0 Å². The molecule has 2 aliphatic rings. The highest BCUT2D eigenvalue weighted by Crippen LogP contribution is 2.47. The Bertz CT molecular complexity index is 455. The molecule has 0 radical (unpaired) electrons. The lowest BCUT2D eigenvalue weighted by Gasteiger charge is -2.35. The minimum absolute atomic E-state index is 0.165. The summed E-state index contributed by atoms with van der Waals surface area (Å²) in [5.74, 6) is -1.32. The molecule has 6 nitrogen and oxygen atoms in total. The molecule has 1 amide bonds. The number of ketones is 1. The number of carbonyl (C=O) groups is 3. The van der Waals surface area contributed by atoms with Crippen molar-refractivity contribution in [3.8, 4) is 0 Å². The number of likely N-dealkylation sites (tertiary alicyclic amines) is 1. The second kappa shape index (κ2) is 5.31. The van der Waals surface area contributed by atoms with Crippen LogP contribution in [0.1, 0.15) is 46.5 Å². The molecule has 1 atom stereocenters. The van der Waals surface area contributed by atoms with Crippen LogP contribution in [-0.2, 0) is 14.3 Å². The third-order valence-corrected chi connectivity index (χ3v) is 4.40. The van der Waals surface area contributed by atoms with Crippen LogP contribution in [0, 0.1) is 11.3 Å². The molecule has 0 aromatic carbocycles. The van der Waals surface area contributed by atoms with Crippen molar-refractivity contribution in [2.24, 2.45) is 11.3 Å². The van der Waals surface area contributed by atoms with Crippen LogP contribution in [0.2, 0.25) is 0 Å². The van der Waals surface area contributed by atoms with Gasteiger partial charge in [0, 0.05) is 31.3 Å². The zero-order valence-electron chi connectivity index (χ0n) is 12.8. The molecule has 1 spiro atoms. The molecule has 2 rings (SSSR count). The monoisotopic (exact) mass is 297 g/mol. The highest BCUT2D eigenvalue weighted by Gasteiger charge is 2.53. The molecule has 21 heavy (non-hydrogen) atoms. The van der Waals surface area contributed by atoms with E-state index < -0.39 is 29.0 Å². The lowest BCUT2D eigenvalue weighted by atomic mass is 9.67. The Morgan fingerprint density at radius 1 is 1.29 bits per heavy atom. The average molecular weight is 297 g/mol. The SMILES string of the molecule is CC(C)(C)OC(=O)N1CC(C(=O)O)C2(CCC(=O)CC2)C1. The van der Waals surface area contributed by atoms with Gasteiger partial charge in [-0.2, -0.15) is 0 Å². The molecule has 6 heteroatoms. The Morgan fingerprint density at radius 2 is 1.86 bits per heavy atom. The third-order valence-electron chi connectivity index (χ3n) is 4.40. The Kier molecular flexibility index (Phi) is 4.00. The summed E-state index contributed by atoms with van der Waals surface area (Å²) in [6.45, 7) is 5.88. The van der Waals surface area contributed by atoms with Crippen molar-refractivity contribution in [3.05, 3.63) is 0 Å². The van der Waals surface area contributed by atoms with E-state index in [1.54, 1.807) is 20.8 Å². The van der Waals surface area contributed by atoms with E-state index in [0.29, 0.717) is 32.2 Å². The molecular formula is C15H23NO5. The van der Waals surface area contributed by atoms with E-state index in [1.165, 1.54) is 4.90 Å². The van der Waals surface area contributed by atoms with Gasteiger partial charge in [0.2, 0.25) is 0 Å². The highest BCUT2D eigenvalue weighted by atomic mass is 16.6. The van der Waals surface area contributed by atoms with Crippen LogP contribution in [0.3, 0.4) is 0 Å². The number of carbonyl (C=O) groups excluding carboxylic acids is 2. The molecule has 0 aromatic rings. The first-order valence-electron chi connectivity index (χ1n) is 7.35. The Balaban J connectivity index is 2.14. The fraction of sp³-hybridized carbons (Fsp3) is 0.800. The van der Waals surface area contributed by atoms with E-state index in [2.05, 4.69) is 0 Å². The fourth-order valence-corrected chi connectivity index (χ4v) is 3.31. The predicted molar refractivity (Wildman–Crippen MR) is 74.8 cm³/mol. The van der Waals surface area contributed by atoms with Crippen molar-refractivity contribution in [1.29, 1.82) is 0 Å². The molecule has 1 aliphatic heterocycles. The van der Waals surface area contributed by atoms with Gasteiger partial charge in [0.1, 0.15) is 11.4 Å². The summed E-state index contributed by atoms with van der Waals surface area (Å²) in [6, 6.07) is 0. The standard InChI is InChI=1S/C15H23NO5/c1-14(2,3)21-13(20)16-8-11(12(18)19)15(9-16)6-4-10(17)5-7-15/h11H,4-9H2,1-3H3,(H,18,19). The molecule has 2 fully saturated rings. The van der Waals surface area contributed by atoms with Crippen molar-refractivity contribution >= 4 is 17.8 Å². The highest BCUT2D eigenvalue weighted by molar-refractivity contribution is 5.81. The molecule has 118 valence electrons. The number of Topliss-reactive ketones (excluding diaryl/α,β-unsaturated/α-hetero) is 1. The molecule has 0 bridgehead atoms. The van der Waals surface area contributed by atoms with Crippen LogP contribution in [0.4, 0.5) is 4.79 Å². The van der Waals surface area contributed by atoms with Gasteiger partial charge in [-0.1, -0.05) is 0 Å². The number of carboxylic acids is 1. The van der Waals surface area contributed by atoms with Crippen molar-refractivity contribution in [2.45, 2.75) is 52.1 Å². The number of hydrogen-bond acceptors (Lipinski definition) is 4. The number of carboxylic acid groups (broad SMARTS) is 1. The molecular weight excluding hydrogens is 274 g/mol. The molecule has 1 saturated carbocycles. The summed E-state index contributed by atoms with van der Waals surface area (Å²) in [4.78, 5) is 36.6. The minimum Gasteiger partial charge on any atom is -0.481 e. The summed E-state index contributed by atoms with van der Waals surface area (Å²) in [6.07, 6.45) is 1.43. The number of ether oxygens (including phenoxy) is 1. The van der Waals surface area contributed by atoms with Gasteiger partial charge in [0.15, 0.2) is 0 Å². The second-order valence-electron chi connectivity index (χ2n) is 7.15. The molecule has 1 unspecified atom stereocenters. The van der Waals surface area contributed by atoms with Gasteiger partial charge in [0.05, 0.1) is 5.92 Å². The smallest absolute Gasteiger partial charge is 0.410 e. The summed E-state index contributed by atoms with van der Waals surface area (Å²) in [7, 11) is 0. The zero-order valence-corrected chi connectivity index (χ0v) is 12.8. The van der Waals surface area contributed by atoms with E-state index in [9.17, 15) is 19.5 Å². The summed E-state index contributed by atoms with van der Waals surface area (Å²) in [5, 5.41) is 9.47. The van der Waals surface area contributed by atoms with Crippen LogP contribution in [0.15, 0.2) is 0 Å². The van der Waals surface area contributed by atoms with Crippen molar-refractivity contribution in [3.63, 3.8) is 0 Å². The first kappa shape index (κ1) is 15.8. The summed E-state index contributed by atoms with van der Waals surface area (Å²) < 4.78 is 5.33. The van der Waals surface area contributed by atoms with E-state index >= 15 is 0 Å². The summed E-state index contributed by atoms with van der Waals surface area (Å²) >= 11 is 0. The van der Waals surface area contributed by atoms with Crippen LogP contribution in [-0.4, -0.2) is 46.5 Å². The quantitative estimate of drug-likeness (QED) is 0.801. The van der Waals surface area contributed by atoms with Crippen LogP contribution < -0.4 is 0 Å². The Labute approximate surface area is 124 Å². The van der Waals surface area contributed by atoms with Gasteiger partial charge in [-0.15, -0.1) is 0 Å². The van der Waals surface area contributed by atoms with Crippen LogP contribution >= 0.6 is 0 Å². The van der Waals surface area contributed by atoms with E-state index in [4.69, 9.17) is 4.74 Å². The Morgan fingerprint density at radius 3 is 2.33 bits per heavy atom. The van der Waals surface area contributed by atoms with Crippen molar-refractivity contribution < 1.29 is 24.2 Å². The Hall–Kier alpha value is -1.59. The summed E-state index contributed by atoms with van der Waals surface area (Å²) in [5.41, 5.74) is -1.08. The maximum absolute atomic E-state index is 12.2. The lowest BCUT2D eigenvalue weighted by molar-refractivity contribution is -0.146. The maximum Gasteiger partial charge on any atom is 0.410 e. The van der Waals surface area contributed by atoms with Gasteiger partial charge in [-0.3, -0.25) is 9.59 Å². The van der Waals surface area contributed by atoms with Gasteiger partial charge in [-0.05, 0) is 33.6 Å². The number of rotatable bonds is 1. The van der Waals surface area contributed by atoms with E-state index in [1.807, 2.05) is 0 Å². The van der Waals surface area contributed by atoms with Gasteiger partial charge in [0.25, 0.3) is 0 Å². The van der Waals surface area contributed by atoms with E-state index in [0.717, 1.165) is 0 Å².